The van der Waals surface area contributed by atoms with Crippen LogP contribution in [0.15, 0.2) is 18.2 Å². The number of rotatable bonds is 6. The van der Waals surface area contributed by atoms with E-state index in [4.69, 9.17) is 10.5 Å². The first-order valence-electron chi connectivity index (χ1n) is 11.8. The highest BCUT2D eigenvalue weighted by atomic mass is 16.5. The van der Waals surface area contributed by atoms with E-state index in [9.17, 15) is 29.4 Å². The van der Waals surface area contributed by atoms with Crippen molar-refractivity contribution in [3.05, 3.63) is 29.3 Å². The molecule has 34 heavy (non-hydrogen) atoms. The van der Waals surface area contributed by atoms with Gasteiger partial charge in [-0.3, -0.25) is 19.2 Å². The molecule has 0 aromatic heterocycles. The van der Waals surface area contributed by atoms with Gasteiger partial charge < -0.3 is 25.6 Å². The zero-order valence-corrected chi connectivity index (χ0v) is 19.7. The van der Waals surface area contributed by atoms with Crippen LogP contribution in [-0.2, 0) is 20.8 Å². The molecule has 0 saturated heterocycles. The number of aliphatic hydroxyl groups is 2. The first-order chi connectivity index (χ1) is 16.0. The van der Waals surface area contributed by atoms with Crippen LogP contribution in [0.3, 0.4) is 0 Å². The molecule has 7 atom stereocenters. The molecule has 1 amide bonds. The number of nitrogens with two attached hydrogens (primary N) is 1. The van der Waals surface area contributed by atoms with Gasteiger partial charge in [-0.15, -0.1) is 0 Å². The van der Waals surface area contributed by atoms with E-state index in [1.165, 1.54) is 0 Å². The van der Waals surface area contributed by atoms with Gasteiger partial charge in [0.2, 0.25) is 5.91 Å². The second kappa shape index (κ2) is 8.87. The Balaban J connectivity index is 1.78. The van der Waals surface area contributed by atoms with Crippen molar-refractivity contribution in [1.82, 2.24) is 4.90 Å². The first kappa shape index (κ1) is 24.5. The van der Waals surface area contributed by atoms with Crippen LogP contribution in [0, 0.1) is 23.7 Å². The van der Waals surface area contributed by atoms with E-state index in [2.05, 4.69) is 0 Å². The topological polar surface area (TPSA) is 147 Å². The fourth-order valence-corrected chi connectivity index (χ4v) is 6.19. The molecule has 3 unspecified atom stereocenters. The van der Waals surface area contributed by atoms with Crippen LogP contribution in [-0.4, -0.2) is 76.8 Å². The van der Waals surface area contributed by atoms with E-state index in [1.807, 2.05) is 19.1 Å². The van der Waals surface area contributed by atoms with Gasteiger partial charge in [0.25, 0.3) is 0 Å². The van der Waals surface area contributed by atoms with E-state index in [0.29, 0.717) is 24.3 Å². The van der Waals surface area contributed by atoms with E-state index < -0.39 is 64.7 Å². The predicted octanol–water partition coefficient (Wildman–Crippen LogP) is 0.132. The number of unbranched alkanes of at least 4 members (excludes halogenated alkanes) is 1. The minimum Gasteiger partial charge on any atom is -0.493 e. The summed E-state index contributed by atoms with van der Waals surface area (Å²) < 4.78 is 5.83. The Morgan fingerprint density at radius 1 is 1.24 bits per heavy atom. The number of primary amides is 1. The highest BCUT2D eigenvalue weighted by molar-refractivity contribution is 6.25. The molecular weight excluding hydrogens is 440 g/mol. The number of fused-ring (bicyclic) bond motifs is 3. The van der Waals surface area contributed by atoms with Gasteiger partial charge in [0, 0.05) is 12.0 Å². The maximum absolute atomic E-state index is 13.8. The third-order valence-corrected chi connectivity index (χ3v) is 7.77. The maximum Gasteiger partial charge on any atom is 0.230 e. The number of likely N-dealkylation sites (N-methyl/N-ethyl adjacent to an activating group) is 1. The second-order valence-electron chi connectivity index (χ2n) is 9.96. The molecule has 184 valence electrons. The number of carbonyl (C=O) groups is 4. The number of Topliss-reactive ketones (excluding diaryl/α,β-unsaturated/α-hetero) is 3. The quantitative estimate of drug-likeness (QED) is 0.391. The van der Waals surface area contributed by atoms with Crippen LogP contribution < -0.4 is 10.5 Å². The van der Waals surface area contributed by atoms with Crippen molar-refractivity contribution in [2.45, 2.75) is 50.4 Å². The molecule has 0 radical (unpaired) electrons. The highest BCUT2D eigenvalue weighted by Gasteiger charge is 2.69. The van der Waals surface area contributed by atoms with Crippen molar-refractivity contribution >= 4 is 23.3 Å². The lowest BCUT2D eigenvalue weighted by Gasteiger charge is -2.54. The summed E-state index contributed by atoms with van der Waals surface area (Å²) in [5.74, 6) is -7.64. The van der Waals surface area contributed by atoms with Crippen molar-refractivity contribution in [3.8, 4) is 5.75 Å². The minimum absolute atomic E-state index is 0.163. The predicted molar refractivity (Wildman–Crippen MR) is 121 cm³/mol. The van der Waals surface area contributed by atoms with Gasteiger partial charge in [-0.25, -0.2) is 0 Å². The minimum atomic E-state index is -2.58. The number of nitrogens with zero attached hydrogens (tertiary/aromatic N) is 1. The molecule has 4 N–H and O–H groups in total. The summed E-state index contributed by atoms with van der Waals surface area (Å²) in [6.07, 6.45) is 0.818. The molecule has 1 aromatic rings. The number of aliphatic hydroxyl groups excluding tert-OH is 1. The second-order valence-corrected chi connectivity index (χ2v) is 9.96. The molecule has 0 bridgehead atoms. The highest BCUT2D eigenvalue weighted by Crippen LogP contribution is 2.51. The normalized spacial score (nSPS) is 34.9. The summed E-state index contributed by atoms with van der Waals surface area (Å²) in [6.45, 7) is 2.45. The van der Waals surface area contributed by atoms with E-state index in [-0.39, 0.29) is 6.42 Å². The lowest BCUT2D eigenvalue weighted by Crippen LogP contribution is -2.75. The van der Waals surface area contributed by atoms with Crippen LogP contribution in [0.5, 0.6) is 5.75 Å². The zero-order valence-electron chi connectivity index (χ0n) is 19.7. The van der Waals surface area contributed by atoms with Crippen LogP contribution >= 0.6 is 0 Å². The third-order valence-electron chi connectivity index (χ3n) is 7.77. The average Bonchev–Trinajstić information content (AvgIpc) is 2.76. The molecule has 9 heteroatoms. The largest absolute Gasteiger partial charge is 0.493 e. The van der Waals surface area contributed by atoms with Gasteiger partial charge >= 0.3 is 0 Å². The SMILES string of the molecule is CCCCOc1cccc2c1C(=O)C1C(=O)[C@@]3(O)C(=O)C(C(N)=O)C(O)[C@H](N(C)C)[C@H]3C[C@H]1C2. The van der Waals surface area contributed by atoms with Crippen LogP contribution in [0.25, 0.3) is 0 Å². The number of benzene rings is 1. The Kier molecular flexibility index (Phi) is 6.39. The standard InChI is InChI=1S/C25H32N2O7/c1-4-5-9-34-15-8-6-7-12-10-13-11-14-19(27(2)3)21(29)18(24(26)32)23(31)25(14,33)22(30)17(13)20(28)16(12)15/h6-8,13-14,17-19,21,29,33H,4-5,9-11H2,1-3H3,(H2,26,32)/t13-,14-,17?,18?,19-,21?,25-/m1/s1. The summed E-state index contributed by atoms with van der Waals surface area (Å²) in [4.78, 5) is 54.4. The van der Waals surface area contributed by atoms with Crippen molar-refractivity contribution in [2.24, 2.45) is 29.4 Å². The van der Waals surface area contributed by atoms with Crippen molar-refractivity contribution < 1.29 is 34.1 Å². The van der Waals surface area contributed by atoms with Gasteiger partial charge in [-0.2, -0.15) is 0 Å². The Morgan fingerprint density at radius 3 is 2.56 bits per heavy atom. The Bertz CT molecular complexity index is 1040. The Hall–Kier alpha value is -2.62. The molecule has 4 rings (SSSR count). The van der Waals surface area contributed by atoms with Gasteiger partial charge in [0.05, 0.1) is 24.2 Å². The monoisotopic (exact) mass is 472 g/mol. The van der Waals surface area contributed by atoms with E-state index >= 15 is 0 Å². The van der Waals surface area contributed by atoms with Crippen LogP contribution in [0.2, 0.25) is 0 Å². The van der Waals surface area contributed by atoms with E-state index in [0.717, 1.165) is 18.4 Å². The molecule has 9 nitrogen and oxygen atoms in total. The molecule has 1 aromatic carbocycles. The van der Waals surface area contributed by atoms with Gasteiger partial charge in [0.1, 0.15) is 11.7 Å². The fourth-order valence-electron chi connectivity index (χ4n) is 6.19. The summed E-state index contributed by atoms with van der Waals surface area (Å²) in [5, 5.41) is 22.5. The number of hydrogen-bond donors (Lipinski definition) is 3. The summed E-state index contributed by atoms with van der Waals surface area (Å²) in [7, 11) is 3.28. The number of amides is 1. The van der Waals surface area contributed by atoms with Gasteiger partial charge in [-0.1, -0.05) is 25.5 Å². The first-order valence-corrected chi connectivity index (χ1v) is 11.8. The molecule has 0 heterocycles. The molecule has 3 aliphatic rings. The number of carbonyl (C=O) groups excluding carboxylic acids is 4. The summed E-state index contributed by atoms with van der Waals surface area (Å²) in [5.41, 5.74) is 3.89. The van der Waals surface area contributed by atoms with Crippen molar-refractivity contribution in [2.75, 3.05) is 20.7 Å². The maximum atomic E-state index is 13.8. The van der Waals surface area contributed by atoms with E-state index in [1.54, 1.807) is 25.1 Å². The number of ether oxygens (including phenoxy) is 1. The average molecular weight is 473 g/mol. The number of hydrogen-bond acceptors (Lipinski definition) is 8. The van der Waals surface area contributed by atoms with Crippen LogP contribution in [0.4, 0.5) is 0 Å². The summed E-state index contributed by atoms with van der Waals surface area (Å²) in [6, 6.07) is 4.45. The number of ketones is 3. The fraction of sp³-hybridized carbons (Fsp3) is 0.600. The lowest BCUT2D eigenvalue weighted by atomic mass is 9.52. The smallest absolute Gasteiger partial charge is 0.230 e. The third kappa shape index (κ3) is 3.49. The molecular formula is C25H32N2O7. The van der Waals surface area contributed by atoms with Gasteiger partial charge in [-0.05, 0) is 50.9 Å². The molecule has 3 aliphatic carbocycles. The summed E-state index contributed by atoms with van der Waals surface area (Å²) >= 11 is 0. The molecule has 2 saturated carbocycles. The molecule has 2 fully saturated rings. The van der Waals surface area contributed by atoms with Gasteiger partial charge in [0.15, 0.2) is 23.0 Å². The Labute approximate surface area is 198 Å². The molecule has 0 spiro atoms. The molecule has 0 aliphatic heterocycles. The van der Waals surface area contributed by atoms with Crippen molar-refractivity contribution in [3.63, 3.8) is 0 Å². The Morgan fingerprint density at radius 2 is 1.94 bits per heavy atom. The van der Waals surface area contributed by atoms with Crippen LogP contribution in [0.1, 0.15) is 42.1 Å². The lowest BCUT2D eigenvalue weighted by molar-refractivity contribution is -0.190. The van der Waals surface area contributed by atoms with Crippen molar-refractivity contribution in [1.29, 1.82) is 0 Å². The zero-order chi connectivity index (χ0) is 24.9.